The van der Waals surface area contributed by atoms with Gasteiger partial charge in [0.25, 0.3) is 0 Å². The molecule has 1 aliphatic rings. The van der Waals surface area contributed by atoms with Crippen LogP contribution in [0.2, 0.25) is 0 Å². The average Bonchev–Trinajstić information content (AvgIpc) is 3.32. The zero-order valence-corrected chi connectivity index (χ0v) is 22.9. The van der Waals surface area contributed by atoms with E-state index in [1.807, 2.05) is 68.4 Å². The van der Waals surface area contributed by atoms with E-state index in [0.717, 1.165) is 27.7 Å². The summed E-state index contributed by atoms with van der Waals surface area (Å²) in [5.74, 6) is -1.63. The number of rotatable bonds is 11. The normalized spacial score (nSPS) is 17.8. The number of para-hydroxylation sites is 1. The first-order valence-electron chi connectivity index (χ1n) is 13.7. The van der Waals surface area contributed by atoms with Crippen LogP contribution in [0, 0.1) is 5.92 Å². The number of aromatic nitrogens is 1. The highest BCUT2D eigenvalue weighted by Crippen LogP contribution is 2.34. The minimum Gasteiger partial charge on any atom is -0.445 e. The van der Waals surface area contributed by atoms with Crippen molar-refractivity contribution in [3.63, 3.8) is 0 Å². The molecule has 1 aromatic heterocycles. The molecule has 0 bridgehead atoms. The Bertz CT molecular complexity index is 1370. The molecular formula is C30H37N5O5. The Balaban J connectivity index is 1.55. The van der Waals surface area contributed by atoms with Crippen LogP contribution in [-0.2, 0) is 38.6 Å². The van der Waals surface area contributed by atoms with Gasteiger partial charge < -0.3 is 31.4 Å². The van der Waals surface area contributed by atoms with E-state index in [2.05, 4.69) is 20.9 Å². The van der Waals surface area contributed by atoms with Gasteiger partial charge in [-0.25, -0.2) is 4.79 Å². The number of aryl methyl sites for hydroxylation is 1. The maximum absolute atomic E-state index is 13.8. The second-order valence-corrected chi connectivity index (χ2v) is 10.4. The minimum absolute atomic E-state index is 0.0155. The first-order chi connectivity index (χ1) is 19.2. The molecule has 0 aliphatic heterocycles. The highest BCUT2D eigenvalue weighted by molar-refractivity contribution is 5.96. The lowest BCUT2D eigenvalue weighted by atomic mass is 9.78. The van der Waals surface area contributed by atoms with E-state index in [-0.39, 0.29) is 31.9 Å². The molecule has 1 aliphatic carbocycles. The predicted octanol–water partition coefficient (Wildman–Crippen LogP) is 2.84. The molecule has 1 unspecified atom stereocenters. The molecule has 0 radical (unpaired) electrons. The number of hydrogen-bond donors (Lipinski definition) is 5. The number of fused-ring (bicyclic) bond motifs is 3. The Morgan fingerprint density at radius 3 is 2.52 bits per heavy atom. The summed E-state index contributed by atoms with van der Waals surface area (Å²) in [7, 11) is 0. The number of hydrogen-bond acceptors (Lipinski definition) is 5. The van der Waals surface area contributed by atoms with Crippen LogP contribution < -0.4 is 21.7 Å². The third kappa shape index (κ3) is 6.62. The highest BCUT2D eigenvalue weighted by Gasteiger charge is 2.45. The van der Waals surface area contributed by atoms with Gasteiger partial charge in [-0.3, -0.25) is 14.4 Å². The number of carbonyl (C=O) groups is 4. The van der Waals surface area contributed by atoms with Crippen molar-refractivity contribution in [3.05, 3.63) is 71.4 Å². The van der Waals surface area contributed by atoms with Crippen molar-refractivity contribution in [1.82, 2.24) is 20.9 Å². The molecule has 0 fully saturated rings. The predicted molar refractivity (Wildman–Crippen MR) is 151 cm³/mol. The van der Waals surface area contributed by atoms with Crippen LogP contribution in [0.1, 0.15) is 49.9 Å². The van der Waals surface area contributed by atoms with Crippen LogP contribution in [0.4, 0.5) is 4.79 Å². The van der Waals surface area contributed by atoms with Crippen LogP contribution in [0.15, 0.2) is 54.6 Å². The summed E-state index contributed by atoms with van der Waals surface area (Å²) in [6.45, 7) is 3.91. The monoisotopic (exact) mass is 547 g/mol. The van der Waals surface area contributed by atoms with Gasteiger partial charge in [-0.15, -0.1) is 0 Å². The number of benzene rings is 2. The average molecular weight is 548 g/mol. The first kappa shape index (κ1) is 28.7. The lowest BCUT2D eigenvalue weighted by Crippen LogP contribution is -2.65. The van der Waals surface area contributed by atoms with Crippen LogP contribution in [0.5, 0.6) is 0 Å². The summed E-state index contributed by atoms with van der Waals surface area (Å²) in [6, 6.07) is 16.2. The molecule has 40 heavy (non-hydrogen) atoms. The number of carbonyl (C=O) groups excluding carboxylic acids is 4. The Labute approximate surface area is 233 Å². The zero-order chi connectivity index (χ0) is 28.7. The molecule has 1 heterocycles. The van der Waals surface area contributed by atoms with Gasteiger partial charge in [0.15, 0.2) is 0 Å². The van der Waals surface area contributed by atoms with Gasteiger partial charge in [-0.2, -0.15) is 0 Å². The Kier molecular flexibility index (Phi) is 9.08. The third-order valence-corrected chi connectivity index (χ3v) is 7.62. The van der Waals surface area contributed by atoms with Gasteiger partial charge in [0, 0.05) is 36.0 Å². The Morgan fingerprint density at radius 2 is 1.80 bits per heavy atom. The summed E-state index contributed by atoms with van der Waals surface area (Å²) < 4.78 is 5.37. The maximum Gasteiger partial charge on any atom is 0.408 e. The number of nitrogens with two attached hydrogens (primary N) is 1. The van der Waals surface area contributed by atoms with Gasteiger partial charge in [0.1, 0.15) is 18.2 Å². The van der Waals surface area contributed by atoms with Crippen LogP contribution in [0.3, 0.4) is 0 Å². The van der Waals surface area contributed by atoms with E-state index in [1.165, 1.54) is 0 Å². The lowest BCUT2D eigenvalue weighted by Gasteiger charge is -2.38. The van der Waals surface area contributed by atoms with Crippen molar-refractivity contribution in [2.75, 3.05) is 6.54 Å². The molecule has 6 N–H and O–H groups in total. The maximum atomic E-state index is 13.8. The number of primary amides is 1. The summed E-state index contributed by atoms with van der Waals surface area (Å²) in [6.07, 6.45) is 1.01. The van der Waals surface area contributed by atoms with Crippen LogP contribution >= 0.6 is 0 Å². The highest BCUT2D eigenvalue weighted by atomic mass is 16.5. The summed E-state index contributed by atoms with van der Waals surface area (Å²) in [5, 5.41) is 9.50. The molecule has 0 spiro atoms. The quantitative estimate of drug-likeness (QED) is 0.250. The standard InChI is InChI=1S/C30H37N5O5/c1-3-19(2)26(34-29(39)40-18-20-9-5-4-6-10-20)27(37)35-30(28(38)32-16-14-25(31)36)15-13-24-22(17-30)21-11-7-8-12-23(21)33-24/h4-12,19,26,33H,3,13-18H2,1-2H3,(H2,31,36)(H,32,38)(H,34,39)(H,35,37)/t19-,26-,30?/m0/s1. The molecule has 4 rings (SSSR count). The lowest BCUT2D eigenvalue weighted by molar-refractivity contribution is -0.135. The fourth-order valence-corrected chi connectivity index (χ4v) is 5.13. The van der Waals surface area contributed by atoms with Crippen molar-refractivity contribution in [3.8, 4) is 0 Å². The molecule has 10 heteroatoms. The van der Waals surface area contributed by atoms with Crippen molar-refractivity contribution in [1.29, 1.82) is 0 Å². The molecule has 3 aromatic rings. The van der Waals surface area contributed by atoms with Crippen molar-refractivity contribution in [2.24, 2.45) is 11.7 Å². The van der Waals surface area contributed by atoms with E-state index in [4.69, 9.17) is 10.5 Å². The third-order valence-electron chi connectivity index (χ3n) is 7.62. The topological polar surface area (TPSA) is 155 Å². The number of alkyl carbamates (subject to hydrolysis) is 1. The van der Waals surface area contributed by atoms with Gasteiger partial charge in [-0.1, -0.05) is 68.8 Å². The molecule has 3 atom stereocenters. The molecular weight excluding hydrogens is 510 g/mol. The Morgan fingerprint density at radius 1 is 1.07 bits per heavy atom. The first-order valence-corrected chi connectivity index (χ1v) is 13.7. The number of H-pyrrole nitrogens is 1. The number of aromatic amines is 1. The summed E-state index contributed by atoms with van der Waals surface area (Å²) in [5.41, 5.74) is 7.75. The van der Waals surface area contributed by atoms with Crippen LogP contribution in [0.25, 0.3) is 10.9 Å². The molecule has 0 saturated heterocycles. The van der Waals surface area contributed by atoms with E-state index < -0.39 is 35.4 Å². The SMILES string of the molecule is CC[C@H](C)[C@H](NC(=O)OCc1ccccc1)C(=O)NC1(C(=O)NCCC(N)=O)CCc2[nH]c3ccccc3c2C1. The summed E-state index contributed by atoms with van der Waals surface area (Å²) in [4.78, 5) is 54.8. The Hall–Kier alpha value is -4.34. The van der Waals surface area contributed by atoms with E-state index in [0.29, 0.717) is 19.3 Å². The van der Waals surface area contributed by atoms with Gasteiger partial charge in [-0.05, 0) is 36.0 Å². The second kappa shape index (κ2) is 12.7. The smallest absolute Gasteiger partial charge is 0.408 e. The minimum atomic E-state index is -1.28. The van der Waals surface area contributed by atoms with Gasteiger partial charge >= 0.3 is 6.09 Å². The number of ether oxygens (including phenoxy) is 1. The molecule has 212 valence electrons. The zero-order valence-electron chi connectivity index (χ0n) is 22.9. The fraction of sp³-hybridized carbons (Fsp3) is 0.400. The largest absolute Gasteiger partial charge is 0.445 e. The van der Waals surface area contributed by atoms with E-state index >= 15 is 0 Å². The molecule has 0 saturated carbocycles. The fourth-order valence-electron chi connectivity index (χ4n) is 5.13. The van der Waals surface area contributed by atoms with Crippen molar-refractivity contribution >= 4 is 34.7 Å². The van der Waals surface area contributed by atoms with Crippen molar-refractivity contribution in [2.45, 2.75) is 64.1 Å². The molecule has 2 aromatic carbocycles. The molecule has 4 amide bonds. The van der Waals surface area contributed by atoms with Crippen molar-refractivity contribution < 1.29 is 23.9 Å². The number of amides is 4. The second-order valence-electron chi connectivity index (χ2n) is 10.4. The van der Waals surface area contributed by atoms with Gasteiger partial charge in [0.05, 0.1) is 0 Å². The molecule has 10 nitrogen and oxygen atoms in total. The van der Waals surface area contributed by atoms with E-state index in [1.54, 1.807) is 0 Å². The summed E-state index contributed by atoms with van der Waals surface area (Å²) >= 11 is 0. The van der Waals surface area contributed by atoms with Gasteiger partial charge in [0.2, 0.25) is 17.7 Å². The van der Waals surface area contributed by atoms with Crippen LogP contribution in [-0.4, -0.2) is 46.9 Å². The van der Waals surface area contributed by atoms with E-state index in [9.17, 15) is 19.2 Å². The number of nitrogens with one attached hydrogen (secondary N) is 4.